The van der Waals surface area contributed by atoms with E-state index >= 15 is 0 Å². The molecular weight excluding hydrogens is 676 g/mol. The van der Waals surface area contributed by atoms with Crippen molar-refractivity contribution in [1.29, 1.82) is 0 Å². The average molecular weight is 739 g/mol. The molecule has 4 saturated heterocycles. The first-order chi connectivity index (χ1) is 24.7. The molecule has 0 radical (unpaired) electrons. The molecule has 52 heavy (non-hydrogen) atoms. The van der Waals surface area contributed by atoms with Crippen molar-refractivity contribution in [3.05, 3.63) is 11.6 Å². The summed E-state index contributed by atoms with van der Waals surface area (Å²) in [6.45, 7) is 9.45. The molecule has 0 amide bonds. The second-order valence-electron chi connectivity index (χ2n) is 18.3. The largest absolute Gasteiger partial charge is 0.394 e. The molecule has 7 fully saturated rings. The minimum absolute atomic E-state index is 0.0572. The predicted molar refractivity (Wildman–Crippen MR) is 183 cm³/mol. The summed E-state index contributed by atoms with van der Waals surface area (Å²) in [4.78, 5) is 0. The summed E-state index contributed by atoms with van der Waals surface area (Å²) in [6, 6.07) is 0. The molecule has 13 nitrogen and oxygen atoms in total. The maximum absolute atomic E-state index is 10.9. The van der Waals surface area contributed by atoms with E-state index < -0.39 is 73.8 Å². The Morgan fingerprint density at radius 3 is 2.23 bits per heavy atom. The highest BCUT2D eigenvalue weighted by molar-refractivity contribution is 5.26. The van der Waals surface area contributed by atoms with Crippen LogP contribution in [0, 0.1) is 46.3 Å². The first-order valence-electron chi connectivity index (χ1n) is 20.0. The second-order valence-corrected chi connectivity index (χ2v) is 18.3. The quantitative estimate of drug-likeness (QED) is 0.193. The summed E-state index contributed by atoms with van der Waals surface area (Å²) < 4.78 is 36.8. The lowest BCUT2D eigenvalue weighted by Gasteiger charge is -2.58. The molecule has 4 aliphatic heterocycles. The number of hydrogen-bond donors (Lipinski definition) is 7. The van der Waals surface area contributed by atoms with Crippen LogP contribution in [0.1, 0.15) is 85.5 Å². The zero-order chi connectivity index (χ0) is 36.9. The van der Waals surface area contributed by atoms with E-state index in [9.17, 15) is 35.7 Å². The molecule has 7 N–H and O–H groups in total. The Hall–Kier alpha value is -0.780. The van der Waals surface area contributed by atoms with E-state index in [2.05, 4.69) is 33.8 Å². The van der Waals surface area contributed by atoms with E-state index in [-0.39, 0.29) is 29.6 Å². The Labute approximate surface area is 306 Å². The van der Waals surface area contributed by atoms with Crippen molar-refractivity contribution in [2.45, 2.75) is 165 Å². The molecule has 21 atom stereocenters. The van der Waals surface area contributed by atoms with Crippen molar-refractivity contribution in [1.82, 2.24) is 0 Å². The van der Waals surface area contributed by atoms with Crippen LogP contribution in [0.25, 0.3) is 0 Å². The molecule has 0 bridgehead atoms. The van der Waals surface area contributed by atoms with E-state index in [0.29, 0.717) is 41.9 Å². The summed E-state index contributed by atoms with van der Waals surface area (Å²) in [6.07, 6.45) is -2.78. The van der Waals surface area contributed by atoms with Crippen molar-refractivity contribution in [3.8, 4) is 0 Å². The molecular formula is C39H62O13. The monoisotopic (exact) mass is 738 g/mol. The smallest absolute Gasteiger partial charge is 0.186 e. The van der Waals surface area contributed by atoms with Gasteiger partial charge in [-0.25, -0.2) is 0 Å². The lowest BCUT2D eigenvalue weighted by atomic mass is 9.47. The lowest BCUT2D eigenvalue weighted by Crippen LogP contribution is -2.62. The first kappa shape index (κ1) is 38.1. The first-order valence-corrected chi connectivity index (χ1v) is 20.0. The van der Waals surface area contributed by atoms with Crippen LogP contribution in [-0.4, -0.2) is 135 Å². The third kappa shape index (κ3) is 5.99. The maximum atomic E-state index is 10.9. The van der Waals surface area contributed by atoms with Crippen molar-refractivity contribution >= 4 is 0 Å². The molecule has 3 saturated carbocycles. The van der Waals surface area contributed by atoms with Gasteiger partial charge in [0.1, 0.15) is 48.8 Å². The van der Waals surface area contributed by atoms with Crippen LogP contribution in [0.3, 0.4) is 0 Å². The fraction of sp³-hybridized carbons (Fsp3) is 0.949. The van der Waals surface area contributed by atoms with E-state index in [4.69, 9.17) is 28.4 Å². The molecule has 13 heteroatoms. The molecule has 8 aliphatic rings. The van der Waals surface area contributed by atoms with Crippen LogP contribution >= 0.6 is 0 Å². The number of fused-ring (bicyclic) bond motifs is 7. The van der Waals surface area contributed by atoms with E-state index in [1.807, 2.05) is 0 Å². The van der Waals surface area contributed by atoms with Gasteiger partial charge in [-0.2, -0.15) is 0 Å². The van der Waals surface area contributed by atoms with Crippen LogP contribution in [0.2, 0.25) is 0 Å². The van der Waals surface area contributed by atoms with Gasteiger partial charge < -0.3 is 64.2 Å². The Balaban J connectivity index is 0.906. The number of aliphatic hydroxyl groups is 7. The number of aliphatic hydroxyl groups excluding tert-OH is 7. The zero-order valence-corrected chi connectivity index (χ0v) is 31.0. The Kier molecular flexibility index (Phi) is 10.3. The van der Waals surface area contributed by atoms with Gasteiger partial charge in [-0.1, -0.05) is 39.3 Å². The van der Waals surface area contributed by atoms with Gasteiger partial charge in [0.15, 0.2) is 18.4 Å². The minimum atomic E-state index is -1.63. The van der Waals surface area contributed by atoms with Crippen LogP contribution in [0.15, 0.2) is 11.6 Å². The van der Waals surface area contributed by atoms with Crippen LogP contribution in [0.5, 0.6) is 0 Å². The summed E-state index contributed by atoms with van der Waals surface area (Å²) in [5.41, 5.74) is 1.70. The minimum Gasteiger partial charge on any atom is -0.394 e. The highest BCUT2D eigenvalue weighted by atomic mass is 16.7. The summed E-state index contributed by atoms with van der Waals surface area (Å²) in [5.74, 6) is 2.92. The molecule has 8 unspecified atom stereocenters. The summed E-state index contributed by atoms with van der Waals surface area (Å²) in [5, 5.41) is 72.4. The molecule has 4 aliphatic carbocycles. The average Bonchev–Trinajstić information content (AvgIpc) is 3.58. The van der Waals surface area contributed by atoms with E-state index in [1.54, 1.807) is 0 Å². The SMILES string of the molecule is CC1CCC2(OC1)OC1CC3C4CC=C5C[C@@H](O[C@@H]6O[C@H](CO[C@@H]7O[C@H](CO)[C@@H](O)[C@@H](O)[C@H]7O)[C@@H](O)[C@@H](O)[C@H]6O)CC[C@]5(C)C4CC[C@]3(C)C1C2C. The van der Waals surface area contributed by atoms with Crippen molar-refractivity contribution < 1.29 is 64.2 Å². The molecule has 0 aromatic heterocycles. The lowest BCUT2D eigenvalue weighted by molar-refractivity contribution is -0.336. The van der Waals surface area contributed by atoms with Crippen LogP contribution in [-0.2, 0) is 28.4 Å². The van der Waals surface area contributed by atoms with Gasteiger partial charge in [0.05, 0.1) is 32.0 Å². The number of rotatable bonds is 6. The zero-order valence-electron chi connectivity index (χ0n) is 31.0. The van der Waals surface area contributed by atoms with Gasteiger partial charge in [0, 0.05) is 12.3 Å². The van der Waals surface area contributed by atoms with Gasteiger partial charge in [0.2, 0.25) is 0 Å². The Morgan fingerprint density at radius 2 is 1.52 bits per heavy atom. The molecule has 1 spiro atoms. The van der Waals surface area contributed by atoms with Gasteiger partial charge in [0.25, 0.3) is 0 Å². The van der Waals surface area contributed by atoms with Gasteiger partial charge in [-0.15, -0.1) is 0 Å². The third-order valence-electron chi connectivity index (χ3n) is 15.6. The highest BCUT2D eigenvalue weighted by Gasteiger charge is 2.68. The fourth-order valence-corrected chi connectivity index (χ4v) is 12.5. The molecule has 4 heterocycles. The van der Waals surface area contributed by atoms with E-state index in [0.717, 1.165) is 38.7 Å². The van der Waals surface area contributed by atoms with Crippen LogP contribution in [0.4, 0.5) is 0 Å². The van der Waals surface area contributed by atoms with Crippen molar-refractivity contribution in [2.75, 3.05) is 19.8 Å². The topological polar surface area (TPSA) is 197 Å². The Morgan fingerprint density at radius 1 is 0.808 bits per heavy atom. The van der Waals surface area contributed by atoms with Crippen molar-refractivity contribution in [3.63, 3.8) is 0 Å². The third-order valence-corrected chi connectivity index (χ3v) is 15.6. The maximum Gasteiger partial charge on any atom is 0.186 e. The normalized spacial score (nSPS) is 57.5. The van der Waals surface area contributed by atoms with Crippen molar-refractivity contribution in [2.24, 2.45) is 46.3 Å². The number of hydrogen-bond acceptors (Lipinski definition) is 13. The molecule has 296 valence electrons. The second kappa shape index (κ2) is 14.0. The fourth-order valence-electron chi connectivity index (χ4n) is 12.5. The van der Waals surface area contributed by atoms with Gasteiger partial charge in [-0.3, -0.25) is 0 Å². The Bertz CT molecular complexity index is 1320. The molecule has 8 rings (SSSR count). The highest BCUT2D eigenvalue weighted by Crippen LogP contribution is 2.70. The summed E-state index contributed by atoms with van der Waals surface area (Å²) in [7, 11) is 0. The standard InChI is InChI=1S/C39H62O13/c1-18-7-12-39(48-16-18)19(2)28-25(52-39)14-24-22-6-5-20-13-21(8-10-37(20,3)23(22)9-11-38(24,28)4)49-36-34(46)32(44)30(42)27(51-36)17-47-35-33(45)31(43)29(41)26(15-40)50-35/h5,18-19,21-36,40-46H,6-17H2,1-4H3/t18?,19?,21-,22?,23?,24?,25?,26+,27+,28?,29+,30+,31+,32+,33+,34+,35+,36+,37-,38-,39?/m0/s1. The van der Waals surface area contributed by atoms with E-state index in [1.165, 1.54) is 24.8 Å². The van der Waals surface area contributed by atoms with Crippen LogP contribution < -0.4 is 0 Å². The van der Waals surface area contributed by atoms with Gasteiger partial charge in [-0.05, 0) is 91.8 Å². The number of ether oxygens (including phenoxy) is 6. The summed E-state index contributed by atoms with van der Waals surface area (Å²) >= 11 is 0. The van der Waals surface area contributed by atoms with Gasteiger partial charge >= 0.3 is 0 Å². The molecule has 0 aromatic rings. The molecule has 0 aromatic carbocycles. The number of allylic oxidation sites excluding steroid dienone is 1. The predicted octanol–water partition coefficient (Wildman–Crippen LogP) is 1.36.